The number of sulfonamides is 1. The SMILES string of the molecule is COc1ccc(CNC(=O)c2ccc(NS(=O)(=O)c3ccccc3)cc2Cl)cc1. The third-order valence-corrected chi connectivity index (χ3v) is 5.84. The standard InChI is InChI=1S/C21H19ClN2O4S/c1-28-17-10-7-15(8-11-17)14-23-21(25)19-12-9-16(13-20(19)22)24-29(26,27)18-5-3-2-4-6-18/h2-13,24H,14H2,1H3,(H,23,25). The number of carbonyl (C=O) groups excluding carboxylic acids is 1. The zero-order valence-electron chi connectivity index (χ0n) is 15.6. The molecular weight excluding hydrogens is 412 g/mol. The summed E-state index contributed by atoms with van der Waals surface area (Å²) in [6.45, 7) is 0.321. The molecule has 3 aromatic carbocycles. The van der Waals surface area contributed by atoms with Crippen molar-refractivity contribution >= 4 is 33.2 Å². The van der Waals surface area contributed by atoms with Crippen LogP contribution in [0.15, 0.2) is 77.7 Å². The van der Waals surface area contributed by atoms with E-state index in [0.717, 1.165) is 11.3 Å². The molecule has 8 heteroatoms. The van der Waals surface area contributed by atoms with Gasteiger partial charge in [0.25, 0.3) is 15.9 Å². The van der Waals surface area contributed by atoms with Crippen LogP contribution in [0.4, 0.5) is 5.69 Å². The lowest BCUT2D eigenvalue weighted by atomic mass is 10.1. The van der Waals surface area contributed by atoms with Gasteiger partial charge in [-0.1, -0.05) is 41.9 Å². The smallest absolute Gasteiger partial charge is 0.261 e. The molecule has 0 aliphatic carbocycles. The number of hydrogen-bond donors (Lipinski definition) is 2. The van der Waals surface area contributed by atoms with Gasteiger partial charge < -0.3 is 10.1 Å². The number of halogens is 1. The van der Waals surface area contributed by atoms with Gasteiger partial charge in [0, 0.05) is 6.54 Å². The molecule has 0 aromatic heterocycles. The molecule has 3 aromatic rings. The molecule has 0 saturated carbocycles. The molecular formula is C21H19ClN2O4S. The fourth-order valence-electron chi connectivity index (χ4n) is 2.60. The van der Waals surface area contributed by atoms with Crippen LogP contribution in [-0.4, -0.2) is 21.4 Å². The summed E-state index contributed by atoms with van der Waals surface area (Å²) < 4.78 is 32.3. The quantitative estimate of drug-likeness (QED) is 0.591. The van der Waals surface area contributed by atoms with Crippen molar-refractivity contribution in [3.8, 4) is 5.75 Å². The maximum Gasteiger partial charge on any atom is 0.261 e. The summed E-state index contributed by atoms with van der Waals surface area (Å²) in [4.78, 5) is 12.6. The van der Waals surface area contributed by atoms with Gasteiger partial charge in [-0.15, -0.1) is 0 Å². The molecule has 0 radical (unpaired) electrons. The predicted octanol–water partition coefficient (Wildman–Crippen LogP) is 4.08. The van der Waals surface area contributed by atoms with E-state index in [1.165, 1.54) is 30.3 Å². The van der Waals surface area contributed by atoms with Crippen molar-refractivity contribution < 1.29 is 17.9 Å². The van der Waals surface area contributed by atoms with Crippen molar-refractivity contribution in [3.05, 3.63) is 88.9 Å². The van der Waals surface area contributed by atoms with E-state index in [1.54, 1.807) is 25.3 Å². The second kappa shape index (κ2) is 8.98. The summed E-state index contributed by atoms with van der Waals surface area (Å²) in [5.41, 5.74) is 1.43. The number of rotatable bonds is 7. The number of hydrogen-bond acceptors (Lipinski definition) is 4. The Morgan fingerprint density at radius 3 is 2.31 bits per heavy atom. The Labute approximate surface area is 174 Å². The third-order valence-electron chi connectivity index (χ3n) is 4.13. The molecule has 3 rings (SSSR count). The highest BCUT2D eigenvalue weighted by Crippen LogP contribution is 2.23. The minimum atomic E-state index is -3.73. The molecule has 0 spiro atoms. The molecule has 0 unspecified atom stereocenters. The zero-order valence-corrected chi connectivity index (χ0v) is 17.1. The maximum absolute atomic E-state index is 12.4. The number of anilines is 1. The van der Waals surface area contributed by atoms with Crippen LogP contribution in [0.1, 0.15) is 15.9 Å². The second-order valence-electron chi connectivity index (χ2n) is 6.14. The van der Waals surface area contributed by atoms with E-state index >= 15 is 0 Å². The largest absolute Gasteiger partial charge is 0.497 e. The van der Waals surface area contributed by atoms with Gasteiger partial charge >= 0.3 is 0 Å². The Balaban J connectivity index is 1.67. The van der Waals surface area contributed by atoms with Crippen LogP contribution in [-0.2, 0) is 16.6 Å². The fraction of sp³-hybridized carbons (Fsp3) is 0.0952. The second-order valence-corrected chi connectivity index (χ2v) is 8.23. The molecule has 0 saturated heterocycles. The summed E-state index contributed by atoms with van der Waals surface area (Å²) in [5.74, 6) is 0.375. The Morgan fingerprint density at radius 1 is 1.00 bits per heavy atom. The lowest BCUT2D eigenvalue weighted by molar-refractivity contribution is 0.0951. The van der Waals surface area contributed by atoms with Crippen molar-refractivity contribution in [2.75, 3.05) is 11.8 Å². The molecule has 2 N–H and O–H groups in total. The molecule has 1 amide bonds. The van der Waals surface area contributed by atoms with Gasteiger partial charge in [-0.05, 0) is 48.0 Å². The molecule has 29 heavy (non-hydrogen) atoms. The highest BCUT2D eigenvalue weighted by molar-refractivity contribution is 7.92. The average Bonchev–Trinajstić information content (AvgIpc) is 2.73. The zero-order chi connectivity index (χ0) is 20.9. The van der Waals surface area contributed by atoms with Gasteiger partial charge in [0.2, 0.25) is 0 Å². The van der Waals surface area contributed by atoms with E-state index in [9.17, 15) is 13.2 Å². The van der Waals surface area contributed by atoms with Crippen LogP contribution in [0.25, 0.3) is 0 Å². The van der Waals surface area contributed by atoms with Gasteiger partial charge in [0.1, 0.15) is 5.75 Å². The molecule has 0 aliphatic heterocycles. The number of nitrogens with one attached hydrogen (secondary N) is 2. The normalized spacial score (nSPS) is 11.0. The number of amides is 1. The Morgan fingerprint density at radius 2 is 1.69 bits per heavy atom. The van der Waals surface area contributed by atoms with E-state index in [-0.39, 0.29) is 27.1 Å². The number of carbonyl (C=O) groups is 1. The van der Waals surface area contributed by atoms with E-state index in [1.807, 2.05) is 24.3 Å². The van der Waals surface area contributed by atoms with Crippen LogP contribution in [0.2, 0.25) is 5.02 Å². The summed E-state index contributed by atoms with van der Waals surface area (Å²) in [6, 6.07) is 19.7. The Kier molecular flexibility index (Phi) is 6.41. The van der Waals surface area contributed by atoms with Gasteiger partial charge in [0.05, 0.1) is 28.3 Å². The lowest BCUT2D eigenvalue weighted by Gasteiger charge is -2.11. The van der Waals surface area contributed by atoms with Gasteiger partial charge in [0.15, 0.2) is 0 Å². The molecule has 0 fully saturated rings. The monoisotopic (exact) mass is 430 g/mol. The van der Waals surface area contributed by atoms with Gasteiger partial charge in [-0.2, -0.15) is 0 Å². The Bertz CT molecular complexity index is 1100. The van der Waals surface area contributed by atoms with Gasteiger partial charge in [-0.25, -0.2) is 8.42 Å². The minimum Gasteiger partial charge on any atom is -0.497 e. The lowest BCUT2D eigenvalue weighted by Crippen LogP contribution is -2.23. The van der Waals surface area contributed by atoms with Crippen LogP contribution in [0.5, 0.6) is 5.75 Å². The topological polar surface area (TPSA) is 84.5 Å². The highest BCUT2D eigenvalue weighted by Gasteiger charge is 2.16. The molecule has 0 aliphatic rings. The predicted molar refractivity (Wildman–Crippen MR) is 113 cm³/mol. The van der Waals surface area contributed by atoms with Crippen molar-refractivity contribution in [2.24, 2.45) is 0 Å². The summed E-state index contributed by atoms with van der Waals surface area (Å²) >= 11 is 6.21. The first-order valence-corrected chi connectivity index (χ1v) is 10.5. The summed E-state index contributed by atoms with van der Waals surface area (Å²) in [7, 11) is -2.15. The minimum absolute atomic E-state index is 0.137. The average molecular weight is 431 g/mol. The Hall–Kier alpha value is -3.03. The van der Waals surface area contributed by atoms with Crippen molar-refractivity contribution in [1.29, 1.82) is 0 Å². The summed E-state index contributed by atoms with van der Waals surface area (Å²) in [6.07, 6.45) is 0. The van der Waals surface area contributed by atoms with E-state index < -0.39 is 10.0 Å². The molecule has 6 nitrogen and oxygen atoms in total. The number of benzene rings is 3. The van der Waals surface area contributed by atoms with Crippen molar-refractivity contribution in [1.82, 2.24) is 5.32 Å². The van der Waals surface area contributed by atoms with Crippen LogP contribution < -0.4 is 14.8 Å². The highest BCUT2D eigenvalue weighted by atomic mass is 35.5. The molecule has 0 atom stereocenters. The van der Waals surface area contributed by atoms with E-state index in [0.29, 0.717) is 6.54 Å². The first-order chi connectivity index (χ1) is 13.9. The van der Waals surface area contributed by atoms with Crippen LogP contribution in [0.3, 0.4) is 0 Å². The number of ether oxygens (including phenoxy) is 1. The van der Waals surface area contributed by atoms with Crippen molar-refractivity contribution in [3.63, 3.8) is 0 Å². The first-order valence-electron chi connectivity index (χ1n) is 8.67. The van der Waals surface area contributed by atoms with Crippen molar-refractivity contribution in [2.45, 2.75) is 11.4 Å². The fourth-order valence-corrected chi connectivity index (χ4v) is 3.93. The molecule has 0 heterocycles. The van der Waals surface area contributed by atoms with E-state index in [4.69, 9.17) is 16.3 Å². The summed E-state index contributed by atoms with van der Waals surface area (Å²) in [5, 5.41) is 2.93. The third kappa shape index (κ3) is 5.28. The van der Waals surface area contributed by atoms with Gasteiger partial charge in [-0.3, -0.25) is 9.52 Å². The molecule has 150 valence electrons. The maximum atomic E-state index is 12.4. The van der Waals surface area contributed by atoms with Crippen LogP contribution in [0, 0.1) is 0 Å². The van der Waals surface area contributed by atoms with Crippen LogP contribution >= 0.6 is 11.6 Å². The number of methoxy groups -OCH3 is 1. The first kappa shape index (κ1) is 20.7. The van der Waals surface area contributed by atoms with E-state index in [2.05, 4.69) is 10.0 Å². The molecule has 0 bridgehead atoms.